The number of primary sulfonamides is 1. The topological polar surface area (TPSA) is 201 Å². The molecule has 0 spiro atoms. The number of hydrogen-bond donors (Lipinski definition) is 4. The van der Waals surface area contributed by atoms with Crippen molar-refractivity contribution in [2.75, 3.05) is 85.7 Å². The van der Waals surface area contributed by atoms with Gasteiger partial charge >= 0.3 is 6.03 Å². The Kier molecular flexibility index (Phi) is 53.3. The second kappa shape index (κ2) is 47.8. The quantitative estimate of drug-likeness (QED) is 0.108. The monoisotopic (exact) mass is 914 g/mol. The van der Waals surface area contributed by atoms with Crippen molar-refractivity contribution < 1.29 is 31.5 Å². The molecule has 0 aliphatic carbocycles. The molecule has 2 aromatic rings. The summed E-state index contributed by atoms with van der Waals surface area (Å²) < 4.78 is 48.4. The Balaban J connectivity index is -0.000000206. The molecule has 3 rings (SSSR count). The molecule has 0 bridgehead atoms. The molecule has 14 nitrogen and oxygen atoms in total. The number of likely N-dealkylation sites (N-methyl/N-ethyl adjacent to an activating group) is 1. The smallest absolute Gasteiger partial charge is 0.317 e. The minimum atomic E-state index is -3.19. The van der Waals surface area contributed by atoms with Gasteiger partial charge in [-0.25, -0.2) is 31.1 Å². The minimum Gasteiger partial charge on any atom is -0.396 e. The SMILES string of the molecule is C.CCCCN.CCCCO.CCCCOC.CCCCS(=O)(=O)N(C)C.CCCCS(N)(=O)=O.CCCc1cccs1.CN1CCN(C(=O)NCc2ccncc2)CC1. The number of rotatable bonds is 18. The lowest BCUT2D eigenvalue weighted by Crippen LogP contribution is -2.50. The van der Waals surface area contributed by atoms with Crippen molar-refractivity contribution in [1.82, 2.24) is 24.4 Å². The number of hydrogen-bond acceptors (Lipinski definition) is 11. The number of aliphatic hydroxyl groups excluding tert-OH is 1. The van der Waals surface area contributed by atoms with E-state index >= 15 is 0 Å². The molecule has 0 saturated carbocycles. The Bertz CT molecular complexity index is 1330. The summed E-state index contributed by atoms with van der Waals surface area (Å²) >= 11 is 1.85. The predicted molar refractivity (Wildman–Crippen MR) is 259 cm³/mol. The fraction of sp³-hybridized carbons (Fsp3) is 0.767. The Labute approximate surface area is 373 Å². The third kappa shape index (κ3) is 50.1. The number of amides is 2. The number of pyridine rings is 1. The van der Waals surface area contributed by atoms with Gasteiger partial charge in [0.15, 0.2) is 0 Å². The third-order valence-corrected chi connectivity index (χ3v) is 11.6. The number of aromatic nitrogens is 1. The van der Waals surface area contributed by atoms with Gasteiger partial charge in [-0.2, -0.15) is 0 Å². The summed E-state index contributed by atoms with van der Waals surface area (Å²) in [4.78, 5) is 21.4. The summed E-state index contributed by atoms with van der Waals surface area (Å²) in [6.45, 7) is 18.6. The number of unbranched alkanes of at least 4 members (excludes halogenated alkanes) is 5. The maximum absolute atomic E-state index is 11.9. The number of aliphatic hydroxyl groups is 1. The van der Waals surface area contributed by atoms with Crippen LogP contribution in [-0.2, 0) is 37.7 Å². The van der Waals surface area contributed by atoms with Crippen LogP contribution in [0.2, 0.25) is 0 Å². The lowest BCUT2D eigenvalue weighted by atomic mass is 10.3. The van der Waals surface area contributed by atoms with Crippen LogP contribution in [0.25, 0.3) is 0 Å². The second-order valence-corrected chi connectivity index (χ2v) is 18.9. The van der Waals surface area contributed by atoms with Crippen LogP contribution < -0.4 is 16.2 Å². The van der Waals surface area contributed by atoms with Gasteiger partial charge in [0.2, 0.25) is 20.0 Å². The van der Waals surface area contributed by atoms with Crippen molar-refractivity contribution in [3.63, 3.8) is 0 Å². The normalized spacial score (nSPS) is 12.0. The van der Waals surface area contributed by atoms with Gasteiger partial charge in [-0.05, 0) is 81.3 Å². The number of piperazine rings is 1. The van der Waals surface area contributed by atoms with Crippen LogP contribution in [0.5, 0.6) is 0 Å². The predicted octanol–water partition coefficient (Wildman–Crippen LogP) is 7.59. The van der Waals surface area contributed by atoms with Crippen molar-refractivity contribution in [3.8, 4) is 0 Å². The van der Waals surface area contributed by atoms with Crippen molar-refractivity contribution in [3.05, 3.63) is 52.5 Å². The van der Waals surface area contributed by atoms with E-state index in [1.54, 1.807) is 33.6 Å². The van der Waals surface area contributed by atoms with Crippen LogP contribution in [0.15, 0.2) is 42.0 Å². The number of urea groups is 1. The molecule has 3 heterocycles. The molecule has 1 aliphatic rings. The Morgan fingerprint density at radius 1 is 0.850 bits per heavy atom. The highest BCUT2D eigenvalue weighted by Gasteiger charge is 2.18. The van der Waals surface area contributed by atoms with E-state index < -0.39 is 20.0 Å². The van der Waals surface area contributed by atoms with Crippen LogP contribution in [-0.4, -0.2) is 133 Å². The molecular weight excluding hydrogens is 823 g/mol. The van der Waals surface area contributed by atoms with Crippen LogP contribution in [0.3, 0.4) is 0 Å². The first kappa shape index (κ1) is 66.9. The van der Waals surface area contributed by atoms with Crippen molar-refractivity contribution in [2.45, 2.75) is 133 Å². The van der Waals surface area contributed by atoms with Crippen molar-refractivity contribution in [1.29, 1.82) is 0 Å². The van der Waals surface area contributed by atoms with E-state index in [-0.39, 0.29) is 25.0 Å². The lowest BCUT2D eigenvalue weighted by molar-refractivity contribution is 0.154. The van der Waals surface area contributed by atoms with E-state index in [2.05, 4.69) is 67.5 Å². The maximum Gasteiger partial charge on any atom is 0.317 e. The van der Waals surface area contributed by atoms with E-state index in [9.17, 15) is 21.6 Å². The molecule has 1 fully saturated rings. The molecule has 17 heteroatoms. The fourth-order valence-electron chi connectivity index (χ4n) is 4.01. The zero-order valence-corrected chi connectivity index (χ0v) is 41.1. The number of carbonyl (C=O) groups excluding carboxylic acids is 1. The zero-order chi connectivity index (χ0) is 45.8. The minimum absolute atomic E-state index is 0. The summed E-state index contributed by atoms with van der Waals surface area (Å²) in [5.41, 5.74) is 6.21. The highest BCUT2D eigenvalue weighted by Crippen LogP contribution is 2.09. The summed E-state index contributed by atoms with van der Waals surface area (Å²) in [6, 6.07) is 8.13. The number of thiophene rings is 1. The average molecular weight is 914 g/mol. The van der Waals surface area contributed by atoms with Gasteiger partial charge in [-0.15, -0.1) is 11.3 Å². The number of nitrogens with one attached hydrogen (secondary N) is 1. The van der Waals surface area contributed by atoms with E-state index in [0.29, 0.717) is 19.6 Å². The van der Waals surface area contributed by atoms with Gasteiger partial charge in [0.1, 0.15) is 0 Å². The molecule has 2 amide bonds. The Morgan fingerprint density at radius 2 is 1.38 bits per heavy atom. The highest BCUT2D eigenvalue weighted by atomic mass is 32.2. The molecular formula is C43H91N7O7S3. The fourth-order valence-corrected chi connectivity index (χ4v) is 6.53. The molecule has 6 N–H and O–H groups in total. The molecule has 0 aromatic carbocycles. The highest BCUT2D eigenvalue weighted by molar-refractivity contribution is 7.89. The van der Waals surface area contributed by atoms with Gasteiger partial charge < -0.3 is 30.7 Å². The Morgan fingerprint density at radius 3 is 1.72 bits per heavy atom. The average Bonchev–Trinajstić information content (AvgIpc) is 3.73. The second-order valence-electron chi connectivity index (χ2n) is 13.9. The summed E-state index contributed by atoms with van der Waals surface area (Å²) in [7, 11) is 0.815. The number of sulfonamides is 2. The number of carbonyl (C=O) groups is 1. The first-order valence-corrected chi connectivity index (χ1v) is 25.5. The molecule has 1 aliphatic heterocycles. The molecule has 60 heavy (non-hydrogen) atoms. The van der Waals surface area contributed by atoms with Crippen molar-refractivity contribution in [2.24, 2.45) is 10.9 Å². The van der Waals surface area contributed by atoms with Gasteiger partial charge in [0.25, 0.3) is 0 Å². The molecule has 0 unspecified atom stereocenters. The van der Waals surface area contributed by atoms with Crippen molar-refractivity contribution >= 4 is 37.4 Å². The molecule has 0 radical (unpaired) electrons. The lowest BCUT2D eigenvalue weighted by Gasteiger charge is -2.32. The van der Waals surface area contributed by atoms with E-state index in [0.717, 1.165) is 77.0 Å². The zero-order valence-electron chi connectivity index (χ0n) is 38.7. The van der Waals surface area contributed by atoms with E-state index in [4.69, 9.17) is 20.7 Å². The summed E-state index contributed by atoms with van der Waals surface area (Å²) in [5.74, 6) is 0.389. The van der Waals surface area contributed by atoms with Gasteiger partial charge in [-0.3, -0.25) is 4.98 Å². The Hall–Kier alpha value is -2.22. The number of nitrogens with two attached hydrogens (primary N) is 2. The molecule has 1 saturated heterocycles. The van der Waals surface area contributed by atoms with Crippen LogP contribution >= 0.6 is 11.3 Å². The van der Waals surface area contributed by atoms with Crippen LogP contribution in [0.4, 0.5) is 4.79 Å². The number of nitrogens with zero attached hydrogens (tertiary/aromatic N) is 4. The third-order valence-electron chi connectivity index (χ3n) is 7.93. The number of ether oxygens (including phenoxy) is 1. The standard InChI is InChI=1S/C12H18N4O.C7H10S.C6H15NO2S.C5H12O.C4H11NO2S.C4H11N.C4H10O.CH4/c1-15-6-8-16(9-7-15)12(17)14-10-11-2-4-13-5-3-11;1-2-4-7-5-3-6-8-7;1-4-5-6-10(8,9)7(2)3;1-3-4-5-6-2;1-2-3-4-8(5,6)7;2*1-2-3-4-5;/h2-5H,6-10H2,1H3,(H,14,17);3,5-6H,2,4H2,1H3;4-6H2,1-3H3;3-5H2,1-2H3;2-4H2,1H3,(H2,5,6,7);2-5H2,1H3;5H,2-4H2,1H3;1H4. The largest absolute Gasteiger partial charge is 0.396 e. The first-order chi connectivity index (χ1) is 28.0. The van der Waals surface area contributed by atoms with E-state index in [1.165, 1.54) is 47.7 Å². The first-order valence-electron chi connectivity index (χ1n) is 21.3. The van der Waals surface area contributed by atoms with Crippen LogP contribution in [0, 0.1) is 0 Å². The van der Waals surface area contributed by atoms with E-state index in [1.807, 2.05) is 42.2 Å². The maximum atomic E-state index is 11.9. The van der Waals surface area contributed by atoms with Gasteiger partial charge in [0, 0.05) is 84.4 Å². The summed E-state index contributed by atoms with van der Waals surface area (Å²) in [6.07, 6.45) is 16.0. The molecule has 0 atom stereocenters. The number of aryl methyl sites for hydroxylation is 1. The molecule has 2 aromatic heterocycles. The molecule has 358 valence electrons. The van der Waals surface area contributed by atoms with Crippen LogP contribution in [0.1, 0.15) is 130 Å². The summed E-state index contributed by atoms with van der Waals surface area (Å²) in [5, 5.41) is 17.8. The number of methoxy groups -OCH3 is 1. The van der Waals surface area contributed by atoms with Gasteiger partial charge in [-0.1, -0.05) is 93.6 Å². The van der Waals surface area contributed by atoms with Gasteiger partial charge in [0.05, 0.1) is 11.5 Å².